The minimum absolute atomic E-state index is 0.318. The van der Waals surface area contributed by atoms with Gasteiger partial charge in [-0.05, 0) is 83.9 Å². The van der Waals surface area contributed by atoms with E-state index in [4.69, 9.17) is 9.47 Å². The van der Waals surface area contributed by atoms with Crippen LogP contribution in [0.25, 0.3) is 0 Å². The highest BCUT2D eigenvalue weighted by molar-refractivity contribution is 9.10. The van der Waals surface area contributed by atoms with Gasteiger partial charge in [-0.3, -0.25) is 9.59 Å². The highest BCUT2D eigenvalue weighted by atomic mass is 79.9. The van der Waals surface area contributed by atoms with Crippen LogP contribution in [0.3, 0.4) is 0 Å². The minimum Gasteiger partial charge on any atom is -0.494 e. The van der Waals surface area contributed by atoms with E-state index in [0.717, 1.165) is 18.6 Å². The molecule has 2 N–H and O–H groups in total. The molecule has 0 unspecified atom stereocenters. The number of para-hydroxylation sites is 1. The standard InChI is InChI=1S/C28H31BrN2O4/c1-3-5-6-9-18-35-26-17-12-20(19-24(26)29)27(32)31-25-11-8-7-10-23(25)28(33)30-21-13-15-22(16-14-21)34-4-2/h7-8,10-17,19H,3-6,9,18H2,1-2H3,(H,30,33)(H,31,32). The van der Waals surface area contributed by atoms with E-state index in [-0.39, 0.29) is 11.8 Å². The summed E-state index contributed by atoms with van der Waals surface area (Å²) in [5.41, 5.74) is 1.87. The van der Waals surface area contributed by atoms with E-state index in [1.807, 2.05) is 6.92 Å². The van der Waals surface area contributed by atoms with Crippen molar-refractivity contribution in [3.05, 3.63) is 82.3 Å². The first kappa shape index (κ1) is 26.3. The number of carbonyl (C=O) groups is 2. The Hall–Kier alpha value is -3.32. The quantitative estimate of drug-likeness (QED) is 0.237. The van der Waals surface area contributed by atoms with Gasteiger partial charge in [0, 0.05) is 11.3 Å². The number of anilines is 2. The van der Waals surface area contributed by atoms with Crippen LogP contribution in [0, 0.1) is 0 Å². The molecule has 0 bridgehead atoms. The van der Waals surface area contributed by atoms with Gasteiger partial charge in [-0.15, -0.1) is 0 Å². The Kier molecular flexibility index (Phi) is 10.2. The average molecular weight is 539 g/mol. The Morgan fingerprint density at radius 1 is 0.829 bits per heavy atom. The second-order valence-electron chi connectivity index (χ2n) is 7.97. The molecule has 0 heterocycles. The lowest BCUT2D eigenvalue weighted by atomic mass is 10.1. The van der Waals surface area contributed by atoms with Gasteiger partial charge in [0.1, 0.15) is 11.5 Å². The fourth-order valence-electron chi connectivity index (χ4n) is 3.45. The molecule has 3 rings (SSSR count). The Morgan fingerprint density at radius 3 is 2.31 bits per heavy atom. The monoisotopic (exact) mass is 538 g/mol. The summed E-state index contributed by atoms with van der Waals surface area (Å²) in [7, 11) is 0. The smallest absolute Gasteiger partial charge is 0.257 e. The third-order valence-electron chi connectivity index (χ3n) is 5.29. The van der Waals surface area contributed by atoms with Crippen molar-refractivity contribution in [1.29, 1.82) is 0 Å². The van der Waals surface area contributed by atoms with Crippen LogP contribution in [-0.2, 0) is 0 Å². The predicted octanol–water partition coefficient (Wildman–Crippen LogP) is 7.31. The second-order valence-corrected chi connectivity index (χ2v) is 8.82. The summed E-state index contributed by atoms with van der Waals surface area (Å²) in [5.74, 6) is 0.796. The van der Waals surface area contributed by atoms with Crippen molar-refractivity contribution < 1.29 is 19.1 Å². The maximum atomic E-state index is 12.9. The normalized spacial score (nSPS) is 10.5. The molecule has 3 aromatic carbocycles. The fourth-order valence-corrected chi connectivity index (χ4v) is 3.95. The van der Waals surface area contributed by atoms with Gasteiger partial charge < -0.3 is 20.1 Å². The van der Waals surface area contributed by atoms with E-state index in [1.165, 1.54) is 12.8 Å². The number of rotatable bonds is 12. The molecular formula is C28H31BrN2O4. The molecule has 184 valence electrons. The zero-order valence-corrected chi connectivity index (χ0v) is 21.7. The SMILES string of the molecule is CCCCCCOc1ccc(C(=O)Nc2ccccc2C(=O)Nc2ccc(OCC)cc2)cc1Br. The van der Waals surface area contributed by atoms with Gasteiger partial charge in [0.15, 0.2) is 0 Å². The van der Waals surface area contributed by atoms with Gasteiger partial charge in [-0.1, -0.05) is 38.3 Å². The van der Waals surface area contributed by atoms with Crippen molar-refractivity contribution in [2.75, 3.05) is 23.8 Å². The molecule has 0 fully saturated rings. The number of amides is 2. The molecule has 0 spiro atoms. The molecule has 0 saturated carbocycles. The van der Waals surface area contributed by atoms with Crippen molar-refractivity contribution in [2.24, 2.45) is 0 Å². The van der Waals surface area contributed by atoms with E-state index >= 15 is 0 Å². The third-order valence-corrected chi connectivity index (χ3v) is 5.91. The van der Waals surface area contributed by atoms with Crippen LogP contribution >= 0.6 is 15.9 Å². The van der Waals surface area contributed by atoms with Crippen LogP contribution < -0.4 is 20.1 Å². The number of carbonyl (C=O) groups excluding carboxylic acids is 2. The van der Waals surface area contributed by atoms with Gasteiger partial charge in [0.25, 0.3) is 11.8 Å². The molecule has 35 heavy (non-hydrogen) atoms. The molecule has 0 radical (unpaired) electrons. The van der Waals surface area contributed by atoms with Gasteiger partial charge in [0.05, 0.1) is 28.9 Å². The molecule has 0 atom stereocenters. The molecule has 0 saturated heterocycles. The van der Waals surface area contributed by atoms with E-state index in [1.54, 1.807) is 66.7 Å². The lowest BCUT2D eigenvalue weighted by molar-refractivity contribution is 0.102. The maximum Gasteiger partial charge on any atom is 0.257 e. The minimum atomic E-state index is -0.321. The molecule has 0 aliphatic rings. The summed E-state index contributed by atoms with van der Waals surface area (Å²) >= 11 is 3.50. The molecule has 3 aromatic rings. The van der Waals surface area contributed by atoms with Crippen molar-refractivity contribution in [2.45, 2.75) is 39.5 Å². The van der Waals surface area contributed by atoms with Gasteiger partial charge in [-0.25, -0.2) is 0 Å². The highest BCUT2D eigenvalue weighted by Crippen LogP contribution is 2.27. The molecule has 0 aliphatic carbocycles. The van der Waals surface area contributed by atoms with Crippen LogP contribution in [0.1, 0.15) is 60.2 Å². The summed E-state index contributed by atoms with van der Waals surface area (Å²) in [4.78, 5) is 25.8. The first-order valence-corrected chi connectivity index (χ1v) is 12.7. The maximum absolute atomic E-state index is 12.9. The number of unbranched alkanes of at least 4 members (excludes halogenated alkanes) is 3. The lowest BCUT2D eigenvalue weighted by Crippen LogP contribution is -2.18. The van der Waals surface area contributed by atoms with E-state index in [2.05, 4.69) is 33.5 Å². The van der Waals surface area contributed by atoms with E-state index in [9.17, 15) is 9.59 Å². The zero-order valence-electron chi connectivity index (χ0n) is 20.1. The van der Waals surface area contributed by atoms with Gasteiger partial charge in [-0.2, -0.15) is 0 Å². The summed E-state index contributed by atoms with van der Waals surface area (Å²) in [6.07, 6.45) is 4.52. The Morgan fingerprint density at radius 2 is 1.60 bits per heavy atom. The average Bonchev–Trinajstić information content (AvgIpc) is 2.86. The Bertz CT molecular complexity index is 1130. The third kappa shape index (κ3) is 7.86. The number of hydrogen-bond donors (Lipinski definition) is 2. The Balaban J connectivity index is 1.64. The van der Waals surface area contributed by atoms with Crippen LogP contribution in [0.15, 0.2) is 71.2 Å². The number of halogens is 1. The molecule has 2 amide bonds. The molecule has 7 heteroatoms. The summed E-state index contributed by atoms with van der Waals surface area (Å²) in [5, 5.41) is 5.71. The van der Waals surface area contributed by atoms with Crippen LogP contribution in [0.5, 0.6) is 11.5 Å². The molecule has 6 nitrogen and oxygen atoms in total. The second kappa shape index (κ2) is 13.5. The molecule has 0 aromatic heterocycles. The fraction of sp³-hybridized carbons (Fsp3) is 0.286. The zero-order chi connectivity index (χ0) is 25.0. The number of benzene rings is 3. The van der Waals surface area contributed by atoms with Crippen LogP contribution in [0.4, 0.5) is 11.4 Å². The Labute approximate surface area is 215 Å². The van der Waals surface area contributed by atoms with Crippen LogP contribution in [0.2, 0.25) is 0 Å². The summed E-state index contributed by atoms with van der Waals surface area (Å²) in [6.45, 7) is 5.30. The lowest BCUT2D eigenvalue weighted by Gasteiger charge is -2.13. The number of nitrogens with one attached hydrogen (secondary N) is 2. The predicted molar refractivity (Wildman–Crippen MR) is 144 cm³/mol. The highest BCUT2D eigenvalue weighted by Gasteiger charge is 2.15. The van der Waals surface area contributed by atoms with Gasteiger partial charge in [0.2, 0.25) is 0 Å². The summed E-state index contributed by atoms with van der Waals surface area (Å²) < 4.78 is 12.0. The van der Waals surface area contributed by atoms with E-state index in [0.29, 0.717) is 45.9 Å². The van der Waals surface area contributed by atoms with E-state index < -0.39 is 0 Å². The number of ether oxygens (including phenoxy) is 2. The molecular weight excluding hydrogens is 508 g/mol. The summed E-state index contributed by atoms with van der Waals surface area (Å²) in [6, 6.07) is 19.3. The first-order chi connectivity index (χ1) is 17.0. The largest absolute Gasteiger partial charge is 0.494 e. The topological polar surface area (TPSA) is 76.7 Å². The number of hydrogen-bond acceptors (Lipinski definition) is 4. The van der Waals surface area contributed by atoms with Crippen molar-refractivity contribution in [3.8, 4) is 11.5 Å². The van der Waals surface area contributed by atoms with Crippen LogP contribution in [-0.4, -0.2) is 25.0 Å². The van der Waals surface area contributed by atoms with Gasteiger partial charge >= 0.3 is 0 Å². The van der Waals surface area contributed by atoms with Crippen molar-refractivity contribution >= 4 is 39.1 Å². The van der Waals surface area contributed by atoms with Crippen molar-refractivity contribution in [1.82, 2.24) is 0 Å². The molecule has 0 aliphatic heterocycles. The van der Waals surface area contributed by atoms with Crippen molar-refractivity contribution in [3.63, 3.8) is 0 Å². The first-order valence-electron chi connectivity index (χ1n) is 11.9.